The Morgan fingerprint density at radius 2 is 2.12 bits per heavy atom. The maximum absolute atomic E-state index is 5.67. The molecule has 0 aliphatic heterocycles. The van der Waals surface area contributed by atoms with Crippen LogP contribution in [0.3, 0.4) is 0 Å². The summed E-state index contributed by atoms with van der Waals surface area (Å²) in [5, 5.41) is 0.227. The minimum Gasteiger partial charge on any atom is -0.328 e. The summed E-state index contributed by atoms with van der Waals surface area (Å²) in [6.07, 6.45) is 1.95. The Bertz CT molecular complexity index is 54.5. The lowest BCUT2D eigenvalue weighted by Gasteiger charge is -2.08. The molecule has 0 fully saturated rings. The van der Waals surface area contributed by atoms with Crippen LogP contribution in [0.25, 0.3) is 0 Å². The predicted octanol–water partition coefficient (Wildman–Crippen LogP) is 1.74. The standard InChI is InChI=1S/C6H14ClN/c1-3-6(8)4-5(2)7/h5-6H,3-4,8H2,1-2H3. The van der Waals surface area contributed by atoms with Crippen molar-refractivity contribution in [3.63, 3.8) is 0 Å². The second-order valence-corrected chi connectivity index (χ2v) is 2.93. The van der Waals surface area contributed by atoms with Crippen LogP contribution in [0.2, 0.25) is 0 Å². The van der Waals surface area contributed by atoms with Crippen molar-refractivity contribution >= 4 is 11.6 Å². The summed E-state index contributed by atoms with van der Waals surface area (Å²) in [6, 6.07) is 0.294. The first-order valence-corrected chi connectivity index (χ1v) is 3.50. The maximum Gasteiger partial charge on any atom is 0.0322 e. The summed E-state index contributed by atoms with van der Waals surface area (Å²) in [5.74, 6) is 0. The molecule has 0 saturated heterocycles. The van der Waals surface area contributed by atoms with E-state index in [4.69, 9.17) is 17.3 Å². The number of nitrogens with two attached hydrogens (primary N) is 1. The molecule has 0 rings (SSSR count). The van der Waals surface area contributed by atoms with Crippen molar-refractivity contribution in [2.24, 2.45) is 5.73 Å². The lowest BCUT2D eigenvalue weighted by molar-refractivity contribution is 0.591. The molecule has 0 radical (unpaired) electrons. The Hall–Kier alpha value is 0.250. The Balaban J connectivity index is 3.10. The molecule has 1 nitrogen and oxygen atoms in total. The van der Waals surface area contributed by atoms with Crippen LogP contribution in [-0.4, -0.2) is 11.4 Å². The van der Waals surface area contributed by atoms with Crippen LogP contribution < -0.4 is 5.73 Å². The topological polar surface area (TPSA) is 26.0 Å². The molecule has 0 spiro atoms. The summed E-state index contributed by atoms with van der Waals surface area (Å²) in [7, 11) is 0. The number of hydrogen-bond acceptors (Lipinski definition) is 1. The Labute approximate surface area is 56.2 Å². The Morgan fingerprint density at radius 3 is 2.25 bits per heavy atom. The molecule has 0 aromatic carbocycles. The van der Waals surface area contributed by atoms with Crippen LogP contribution in [0.4, 0.5) is 0 Å². The average Bonchev–Trinajstić information content (AvgIpc) is 1.65. The second-order valence-electron chi connectivity index (χ2n) is 2.18. The molecule has 8 heavy (non-hydrogen) atoms. The zero-order valence-corrected chi connectivity index (χ0v) is 6.28. The van der Waals surface area contributed by atoms with E-state index in [9.17, 15) is 0 Å². The first-order chi connectivity index (χ1) is 3.66. The van der Waals surface area contributed by atoms with E-state index in [2.05, 4.69) is 6.92 Å². The van der Waals surface area contributed by atoms with Gasteiger partial charge in [-0.25, -0.2) is 0 Å². The molecule has 2 N–H and O–H groups in total. The van der Waals surface area contributed by atoms with Gasteiger partial charge in [0.25, 0.3) is 0 Å². The van der Waals surface area contributed by atoms with Crippen molar-refractivity contribution in [2.45, 2.75) is 38.1 Å². The zero-order valence-electron chi connectivity index (χ0n) is 5.52. The van der Waals surface area contributed by atoms with E-state index in [-0.39, 0.29) is 5.38 Å². The van der Waals surface area contributed by atoms with E-state index in [1.807, 2.05) is 6.92 Å². The van der Waals surface area contributed by atoms with Crippen molar-refractivity contribution in [2.75, 3.05) is 0 Å². The van der Waals surface area contributed by atoms with Crippen molar-refractivity contribution < 1.29 is 0 Å². The fourth-order valence-electron chi connectivity index (χ4n) is 0.584. The van der Waals surface area contributed by atoms with Crippen molar-refractivity contribution in [3.8, 4) is 0 Å². The number of halogens is 1. The minimum atomic E-state index is 0.227. The molecule has 2 heteroatoms. The van der Waals surface area contributed by atoms with Crippen LogP contribution in [0.1, 0.15) is 26.7 Å². The van der Waals surface area contributed by atoms with Gasteiger partial charge in [-0.1, -0.05) is 6.92 Å². The van der Waals surface area contributed by atoms with E-state index < -0.39 is 0 Å². The maximum atomic E-state index is 5.67. The molecule has 0 aliphatic carbocycles. The molecular formula is C6H14ClN. The zero-order chi connectivity index (χ0) is 6.57. The summed E-state index contributed by atoms with van der Waals surface area (Å²) in [5.41, 5.74) is 5.59. The highest BCUT2D eigenvalue weighted by Gasteiger charge is 2.02. The van der Waals surface area contributed by atoms with E-state index in [0.717, 1.165) is 12.8 Å². The van der Waals surface area contributed by atoms with Crippen LogP contribution >= 0.6 is 11.6 Å². The quantitative estimate of drug-likeness (QED) is 0.587. The fraction of sp³-hybridized carbons (Fsp3) is 1.00. The molecule has 0 amide bonds. The van der Waals surface area contributed by atoms with Gasteiger partial charge in [-0.2, -0.15) is 0 Å². The van der Waals surface area contributed by atoms with Crippen molar-refractivity contribution in [1.29, 1.82) is 0 Å². The molecule has 0 bridgehead atoms. The average molecular weight is 136 g/mol. The minimum absolute atomic E-state index is 0.227. The molecule has 50 valence electrons. The first-order valence-electron chi connectivity index (χ1n) is 3.06. The monoisotopic (exact) mass is 135 g/mol. The highest BCUT2D eigenvalue weighted by molar-refractivity contribution is 6.20. The summed E-state index contributed by atoms with van der Waals surface area (Å²) >= 11 is 5.67. The summed E-state index contributed by atoms with van der Waals surface area (Å²) in [6.45, 7) is 4.04. The molecule has 0 aliphatic rings. The molecule has 2 atom stereocenters. The van der Waals surface area contributed by atoms with Gasteiger partial charge in [0.15, 0.2) is 0 Å². The van der Waals surface area contributed by atoms with Gasteiger partial charge in [0.05, 0.1) is 0 Å². The molecule has 0 aromatic rings. The van der Waals surface area contributed by atoms with Gasteiger partial charge in [0.2, 0.25) is 0 Å². The number of rotatable bonds is 3. The Morgan fingerprint density at radius 1 is 1.62 bits per heavy atom. The Kier molecular flexibility index (Phi) is 4.29. The normalized spacial score (nSPS) is 18.0. The van der Waals surface area contributed by atoms with Crippen molar-refractivity contribution in [3.05, 3.63) is 0 Å². The van der Waals surface area contributed by atoms with Gasteiger partial charge < -0.3 is 5.73 Å². The molecular weight excluding hydrogens is 122 g/mol. The fourth-order valence-corrected chi connectivity index (χ4v) is 0.813. The lowest BCUT2D eigenvalue weighted by Crippen LogP contribution is -2.21. The van der Waals surface area contributed by atoms with Crippen LogP contribution in [0.15, 0.2) is 0 Å². The van der Waals surface area contributed by atoms with Gasteiger partial charge >= 0.3 is 0 Å². The third-order valence-corrected chi connectivity index (χ3v) is 1.33. The van der Waals surface area contributed by atoms with Gasteiger partial charge in [0, 0.05) is 11.4 Å². The predicted molar refractivity (Wildman–Crippen MR) is 38.2 cm³/mol. The largest absolute Gasteiger partial charge is 0.328 e. The van der Waals surface area contributed by atoms with Crippen LogP contribution in [0.5, 0.6) is 0 Å². The first kappa shape index (κ1) is 8.25. The SMILES string of the molecule is CCC(N)CC(C)Cl. The third-order valence-electron chi connectivity index (χ3n) is 1.15. The third kappa shape index (κ3) is 4.41. The van der Waals surface area contributed by atoms with Crippen LogP contribution in [-0.2, 0) is 0 Å². The molecule has 0 aromatic heterocycles. The summed E-state index contributed by atoms with van der Waals surface area (Å²) < 4.78 is 0. The highest BCUT2D eigenvalue weighted by atomic mass is 35.5. The molecule has 0 heterocycles. The van der Waals surface area contributed by atoms with Crippen LogP contribution in [0, 0.1) is 0 Å². The highest BCUT2D eigenvalue weighted by Crippen LogP contribution is 2.04. The van der Waals surface area contributed by atoms with Gasteiger partial charge in [-0.05, 0) is 19.8 Å². The number of hydrogen-bond donors (Lipinski definition) is 1. The number of alkyl halides is 1. The van der Waals surface area contributed by atoms with E-state index in [0.29, 0.717) is 6.04 Å². The van der Waals surface area contributed by atoms with Crippen molar-refractivity contribution in [1.82, 2.24) is 0 Å². The lowest BCUT2D eigenvalue weighted by atomic mass is 10.1. The van der Waals surface area contributed by atoms with E-state index >= 15 is 0 Å². The molecule has 2 unspecified atom stereocenters. The van der Waals surface area contributed by atoms with Gasteiger partial charge in [-0.15, -0.1) is 11.6 Å². The van der Waals surface area contributed by atoms with Gasteiger partial charge in [-0.3, -0.25) is 0 Å². The molecule has 0 saturated carbocycles. The smallest absolute Gasteiger partial charge is 0.0322 e. The second kappa shape index (κ2) is 4.16. The van der Waals surface area contributed by atoms with E-state index in [1.165, 1.54) is 0 Å². The van der Waals surface area contributed by atoms with E-state index in [1.54, 1.807) is 0 Å². The summed E-state index contributed by atoms with van der Waals surface area (Å²) in [4.78, 5) is 0. The van der Waals surface area contributed by atoms with Gasteiger partial charge in [0.1, 0.15) is 0 Å².